The van der Waals surface area contributed by atoms with Crippen LogP contribution in [0.3, 0.4) is 0 Å². The van der Waals surface area contributed by atoms with Crippen molar-refractivity contribution in [3.8, 4) is 17.1 Å². The van der Waals surface area contributed by atoms with Crippen LogP contribution < -0.4 is 10.1 Å². The Balaban J connectivity index is 1.41. The SMILES string of the molecule is Cc1ccc(-c2noc(CCC(=O)NCC(O)COc3cccc(C(F)(F)F)c3)n2)cc1F. The molecule has 1 aromatic heterocycles. The number of aromatic nitrogens is 2. The van der Waals surface area contributed by atoms with E-state index in [1.807, 2.05) is 0 Å². The Kier molecular flexibility index (Phi) is 7.64. The van der Waals surface area contributed by atoms with Crippen molar-refractivity contribution in [2.45, 2.75) is 32.0 Å². The van der Waals surface area contributed by atoms with Crippen LogP contribution in [0, 0.1) is 12.7 Å². The van der Waals surface area contributed by atoms with Gasteiger partial charge in [0, 0.05) is 24.9 Å². The van der Waals surface area contributed by atoms with Crippen LogP contribution in [0.5, 0.6) is 5.75 Å². The highest BCUT2D eigenvalue weighted by atomic mass is 19.4. The first-order valence-electron chi connectivity index (χ1n) is 9.96. The van der Waals surface area contributed by atoms with E-state index in [1.54, 1.807) is 19.1 Å². The Bertz CT molecular complexity index is 1100. The molecule has 1 heterocycles. The summed E-state index contributed by atoms with van der Waals surface area (Å²) in [5, 5.41) is 16.2. The van der Waals surface area contributed by atoms with Crippen LogP contribution in [0.25, 0.3) is 11.4 Å². The van der Waals surface area contributed by atoms with E-state index in [9.17, 15) is 27.5 Å². The second kappa shape index (κ2) is 10.4. The number of hydrogen-bond donors (Lipinski definition) is 2. The first kappa shape index (κ1) is 24.2. The monoisotopic (exact) mass is 467 g/mol. The number of carbonyl (C=O) groups excluding carboxylic acids is 1. The number of benzene rings is 2. The van der Waals surface area contributed by atoms with Crippen molar-refractivity contribution < 1.29 is 36.7 Å². The van der Waals surface area contributed by atoms with Crippen molar-refractivity contribution in [2.75, 3.05) is 13.2 Å². The number of alkyl halides is 3. The molecule has 0 fully saturated rings. The molecule has 2 N–H and O–H groups in total. The van der Waals surface area contributed by atoms with Crippen LogP contribution in [0.4, 0.5) is 17.6 Å². The minimum atomic E-state index is -4.50. The standard InChI is InChI=1S/C22H21F4N3O4/c1-13-5-6-14(9-18(13)23)21-28-20(33-29-21)8-7-19(31)27-11-16(30)12-32-17-4-2-3-15(10-17)22(24,25)26/h2-6,9-10,16,30H,7-8,11-12H2,1H3,(H,27,31). The Morgan fingerprint density at radius 1 is 1.24 bits per heavy atom. The van der Waals surface area contributed by atoms with Gasteiger partial charge in [-0.05, 0) is 36.8 Å². The molecule has 0 saturated carbocycles. The number of carbonyl (C=O) groups is 1. The lowest BCUT2D eigenvalue weighted by molar-refractivity contribution is -0.137. The van der Waals surface area contributed by atoms with Gasteiger partial charge in [-0.3, -0.25) is 4.79 Å². The molecule has 0 bridgehead atoms. The maximum absolute atomic E-state index is 13.7. The van der Waals surface area contributed by atoms with Crippen LogP contribution in [0.2, 0.25) is 0 Å². The molecule has 33 heavy (non-hydrogen) atoms. The number of nitrogens with zero attached hydrogens (tertiary/aromatic N) is 2. The molecule has 11 heteroatoms. The van der Waals surface area contributed by atoms with Crippen molar-refractivity contribution >= 4 is 5.91 Å². The molecule has 1 unspecified atom stereocenters. The average Bonchev–Trinajstić information content (AvgIpc) is 3.25. The summed E-state index contributed by atoms with van der Waals surface area (Å²) in [5.74, 6) is -0.458. The first-order chi connectivity index (χ1) is 15.6. The molecular weight excluding hydrogens is 446 g/mol. The van der Waals surface area contributed by atoms with Gasteiger partial charge in [-0.1, -0.05) is 23.4 Å². The van der Waals surface area contributed by atoms with Crippen LogP contribution >= 0.6 is 0 Å². The first-order valence-corrected chi connectivity index (χ1v) is 9.96. The molecule has 0 aliphatic heterocycles. The van der Waals surface area contributed by atoms with Crippen molar-refractivity contribution in [3.05, 3.63) is 65.3 Å². The van der Waals surface area contributed by atoms with E-state index in [-0.39, 0.29) is 43.5 Å². The predicted octanol–water partition coefficient (Wildman–Crippen LogP) is 3.69. The number of aryl methyl sites for hydroxylation is 2. The average molecular weight is 467 g/mol. The predicted molar refractivity (Wildman–Crippen MR) is 109 cm³/mol. The maximum Gasteiger partial charge on any atom is 0.416 e. The molecule has 176 valence electrons. The molecule has 0 saturated heterocycles. The van der Waals surface area contributed by atoms with Crippen LogP contribution in [-0.2, 0) is 17.4 Å². The van der Waals surface area contributed by atoms with Gasteiger partial charge >= 0.3 is 6.18 Å². The molecule has 0 aliphatic carbocycles. The summed E-state index contributed by atoms with van der Waals surface area (Å²) in [4.78, 5) is 16.1. The van der Waals surface area contributed by atoms with Gasteiger partial charge < -0.3 is 19.7 Å². The van der Waals surface area contributed by atoms with Gasteiger partial charge in [0.1, 0.15) is 24.3 Å². The van der Waals surface area contributed by atoms with E-state index in [2.05, 4.69) is 15.5 Å². The molecule has 3 aromatic rings. The molecule has 3 rings (SSSR count). The van der Waals surface area contributed by atoms with Gasteiger partial charge in [-0.15, -0.1) is 0 Å². The largest absolute Gasteiger partial charge is 0.491 e. The van der Waals surface area contributed by atoms with E-state index in [1.165, 1.54) is 18.2 Å². The fourth-order valence-electron chi connectivity index (χ4n) is 2.76. The van der Waals surface area contributed by atoms with Gasteiger partial charge in [0.05, 0.1) is 5.56 Å². The normalized spacial score (nSPS) is 12.4. The topological polar surface area (TPSA) is 97.5 Å². The molecule has 0 spiro atoms. The van der Waals surface area contributed by atoms with Crippen molar-refractivity contribution in [1.29, 1.82) is 0 Å². The van der Waals surface area contributed by atoms with Gasteiger partial charge in [-0.25, -0.2) is 4.39 Å². The van der Waals surface area contributed by atoms with E-state index < -0.39 is 29.6 Å². The maximum atomic E-state index is 13.7. The molecule has 2 aromatic carbocycles. The summed E-state index contributed by atoms with van der Waals surface area (Å²) < 4.78 is 62.0. The van der Waals surface area contributed by atoms with Gasteiger partial charge in [0.25, 0.3) is 0 Å². The third kappa shape index (κ3) is 7.01. The third-order valence-electron chi connectivity index (χ3n) is 4.60. The number of amides is 1. The molecule has 1 atom stereocenters. The number of aliphatic hydroxyl groups is 1. The van der Waals surface area contributed by atoms with E-state index in [0.717, 1.165) is 12.1 Å². The Morgan fingerprint density at radius 3 is 2.76 bits per heavy atom. The zero-order chi connectivity index (χ0) is 24.0. The lowest BCUT2D eigenvalue weighted by atomic mass is 10.1. The third-order valence-corrected chi connectivity index (χ3v) is 4.60. The number of ether oxygens (including phenoxy) is 1. The molecule has 0 radical (unpaired) electrons. The van der Waals surface area contributed by atoms with Crippen molar-refractivity contribution in [3.63, 3.8) is 0 Å². The Hall–Kier alpha value is -3.47. The Morgan fingerprint density at radius 2 is 2.03 bits per heavy atom. The number of rotatable bonds is 9. The molecule has 1 amide bonds. The molecular formula is C22H21F4N3O4. The second-order valence-electron chi connectivity index (χ2n) is 7.27. The summed E-state index contributed by atoms with van der Waals surface area (Å²) in [5.41, 5.74) is 0.0717. The summed E-state index contributed by atoms with van der Waals surface area (Å²) in [6.45, 7) is 1.17. The molecule has 7 nitrogen and oxygen atoms in total. The minimum absolute atomic E-state index is 0.00883. The lowest BCUT2D eigenvalue weighted by Gasteiger charge is -2.14. The fourth-order valence-corrected chi connectivity index (χ4v) is 2.76. The van der Waals surface area contributed by atoms with Crippen molar-refractivity contribution in [2.24, 2.45) is 0 Å². The zero-order valence-electron chi connectivity index (χ0n) is 17.5. The number of halogens is 4. The summed E-state index contributed by atoms with van der Waals surface area (Å²) in [6.07, 6.45) is -5.51. The minimum Gasteiger partial charge on any atom is -0.491 e. The van der Waals surface area contributed by atoms with E-state index >= 15 is 0 Å². The summed E-state index contributed by atoms with van der Waals surface area (Å²) >= 11 is 0. The van der Waals surface area contributed by atoms with Crippen LogP contribution in [-0.4, -0.2) is 40.4 Å². The van der Waals surface area contributed by atoms with Gasteiger partial charge in [-0.2, -0.15) is 18.2 Å². The zero-order valence-corrected chi connectivity index (χ0v) is 17.5. The number of aliphatic hydroxyl groups excluding tert-OH is 1. The fraction of sp³-hybridized carbons (Fsp3) is 0.318. The lowest BCUT2D eigenvalue weighted by Crippen LogP contribution is -2.35. The van der Waals surface area contributed by atoms with E-state index in [0.29, 0.717) is 11.1 Å². The molecule has 0 aliphatic rings. The quantitative estimate of drug-likeness (QED) is 0.466. The highest BCUT2D eigenvalue weighted by Gasteiger charge is 2.30. The smallest absolute Gasteiger partial charge is 0.416 e. The summed E-state index contributed by atoms with van der Waals surface area (Å²) in [6, 6.07) is 8.82. The number of hydrogen-bond acceptors (Lipinski definition) is 6. The second-order valence-corrected chi connectivity index (χ2v) is 7.27. The highest BCUT2D eigenvalue weighted by Crippen LogP contribution is 2.31. The van der Waals surface area contributed by atoms with E-state index in [4.69, 9.17) is 9.26 Å². The van der Waals surface area contributed by atoms with Gasteiger partial charge in [0.15, 0.2) is 0 Å². The van der Waals surface area contributed by atoms with Crippen LogP contribution in [0.15, 0.2) is 47.0 Å². The Labute approximate surface area is 186 Å². The number of nitrogens with one attached hydrogen (secondary N) is 1. The highest BCUT2D eigenvalue weighted by molar-refractivity contribution is 5.76. The van der Waals surface area contributed by atoms with Crippen molar-refractivity contribution in [1.82, 2.24) is 15.5 Å². The van der Waals surface area contributed by atoms with Crippen LogP contribution in [0.1, 0.15) is 23.4 Å². The summed E-state index contributed by atoms with van der Waals surface area (Å²) in [7, 11) is 0. The van der Waals surface area contributed by atoms with Gasteiger partial charge in [0.2, 0.25) is 17.6 Å².